The van der Waals surface area contributed by atoms with Crippen LogP contribution in [0.4, 0.5) is 0 Å². The van der Waals surface area contributed by atoms with Gasteiger partial charge in [-0.2, -0.15) is 0 Å². The number of aromatic nitrogens is 2. The lowest BCUT2D eigenvalue weighted by Gasteiger charge is -2.08. The number of fused-ring (bicyclic) bond motifs is 1. The summed E-state index contributed by atoms with van der Waals surface area (Å²) in [5.74, 6) is 0.977. The molecule has 0 saturated carbocycles. The van der Waals surface area contributed by atoms with E-state index in [0.717, 1.165) is 36.2 Å². The molecule has 0 aliphatic carbocycles. The van der Waals surface area contributed by atoms with Crippen LogP contribution in [-0.4, -0.2) is 21.9 Å². The molecule has 5 heteroatoms. The lowest BCUT2D eigenvalue weighted by molar-refractivity contribution is -0.0000132. The molecule has 25 heavy (non-hydrogen) atoms. The first-order valence-electron chi connectivity index (χ1n) is 8.44. The van der Waals surface area contributed by atoms with Crippen molar-refractivity contribution < 1.29 is 21.9 Å². The van der Waals surface area contributed by atoms with E-state index >= 15 is 0 Å². The summed E-state index contributed by atoms with van der Waals surface area (Å²) < 4.78 is 7.93. The van der Waals surface area contributed by atoms with Crippen LogP contribution >= 0.6 is 0 Å². The molecule has 0 radical (unpaired) electrons. The Morgan fingerprint density at radius 3 is 2.60 bits per heavy atom. The van der Waals surface area contributed by atoms with E-state index in [1.165, 1.54) is 5.52 Å². The standard InChI is InChI=1S/C20H22N2O2.ClH/c1-2-20(23)16-9-11-17(12-10-16)24-14-6-5-13-22-15-21-18-7-3-4-8-19(18)22;/h3-4,7-12,15H,2,5-6,13-14H2,1H3;1H/p-1. The SMILES string of the molecule is CCC(=O)c1ccc(OCCCCn2cnc3ccccc32)cc1.[Cl-]. The smallest absolute Gasteiger partial charge is 0.162 e. The number of imidazole rings is 1. The summed E-state index contributed by atoms with van der Waals surface area (Å²) in [5.41, 5.74) is 2.96. The van der Waals surface area contributed by atoms with Crippen molar-refractivity contribution in [2.45, 2.75) is 32.7 Å². The molecule has 0 aliphatic heterocycles. The molecule has 0 spiro atoms. The monoisotopic (exact) mass is 357 g/mol. The second-order valence-electron chi connectivity index (χ2n) is 5.78. The quantitative estimate of drug-likeness (QED) is 0.453. The first-order valence-corrected chi connectivity index (χ1v) is 8.44. The summed E-state index contributed by atoms with van der Waals surface area (Å²) in [6.07, 6.45) is 4.44. The number of carbonyl (C=O) groups is 1. The third-order valence-electron chi connectivity index (χ3n) is 4.09. The molecular weight excluding hydrogens is 336 g/mol. The van der Waals surface area contributed by atoms with Gasteiger partial charge in [0.1, 0.15) is 5.75 Å². The van der Waals surface area contributed by atoms with Gasteiger partial charge in [-0.3, -0.25) is 4.79 Å². The van der Waals surface area contributed by atoms with Crippen molar-refractivity contribution in [3.63, 3.8) is 0 Å². The second-order valence-corrected chi connectivity index (χ2v) is 5.78. The minimum atomic E-state index is 0. The van der Waals surface area contributed by atoms with Crippen LogP contribution in [0.2, 0.25) is 0 Å². The maximum absolute atomic E-state index is 11.6. The predicted octanol–water partition coefficient (Wildman–Crippen LogP) is 1.49. The van der Waals surface area contributed by atoms with Gasteiger partial charge in [0.15, 0.2) is 5.78 Å². The van der Waals surface area contributed by atoms with E-state index in [1.54, 1.807) is 0 Å². The lowest BCUT2D eigenvalue weighted by atomic mass is 10.1. The Hall–Kier alpha value is -2.33. The van der Waals surface area contributed by atoms with Crippen LogP contribution in [0.25, 0.3) is 11.0 Å². The van der Waals surface area contributed by atoms with E-state index in [2.05, 4.69) is 15.6 Å². The number of benzene rings is 2. The summed E-state index contributed by atoms with van der Waals surface area (Å²) in [6, 6.07) is 15.6. The van der Waals surface area contributed by atoms with E-state index < -0.39 is 0 Å². The van der Waals surface area contributed by atoms with E-state index in [4.69, 9.17) is 4.74 Å². The summed E-state index contributed by atoms with van der Waals surface area (Å²) in [6.45, 7) is 3.48. The van der Waals surface area contributed by atoms with Gasteiger partial charge in [0, 0.05) is 18.5 Å². The minimum absolute atomic E-state index is 0. The molecule has 0 fully saturated rings. The minimum Gasteiger partial charge on any atom is -1.00 e. The number of aryl methyl sites for hydroxylation is 1. The Bertz CT molecular complexity index is 812. The number of hydrogen-bond donors (Lipinski definition) is 0. The van der Waals surface area contributed by atoms with Crippen LogP contribution in [0.3, 0.4) is 0 Å². The Kier molecular flexibility index (Phi) is 7.02. The Labute approximate surface area is 154 Å². The zero-order chi connectivity index (χ0) is 16.8. The molecule has 132 valence electrons. The summed E-state index contributed by atoms with van der Waals surface area (Å²) in [7, 11) is 0. The molecule has 0 saturated heterocycles. The number of halogens is 1. The fourth-order valence-electron chi connectivity index (χ4n) is 2.70. The van der Waals surface area contributed by atoms with Gasteiger partial charge in [0.2, 0.25) is 0 Å². The van der Waals surface area contributed by atoms with Gasteiger partial charge in [0.05, 0.1) is 24.0 Å². The topological polar surface area (TPSA) is 44.1 Å². The van der Waals surface area contributed by atoms with Crippen molar-refractivity contribution in [2.75, 3.05) is 6.61 Å². The number of carbonyl (C=O) groups excluding carboxylic acids is 1. The third kappa shape index (κ3) is 4.83. The van der Waals surface area contributed by atoms with Crippen LogP contribution in [0.1, 0.15) is 36.5 Å². The molecule has 1 aromatic heterocycles. The van der Waals surface area contributed by atoms with Crippen molar-refractivity contribution in [1.29, 1.82) is 0 Å². The van der Waals surface area contributed by atoms with E-state index in [1.807, 2.05) is 55.7 Å². The highest BCUT2D eigenvalue weighted by Gasteiger charge is 2.03. The molecule has 4 nitrogen and oxygen atoms in total. The number of ether oxygens (including phenoxy) is 1. The highest BCUT2D eigenvalue weighted by atomic mass is 35.5. The predicted molar refractivity (Wildman–Crippen MR) is 95.5 cm³/mol. The van der Waals surface area contributed by atoms with Gasteiger partial charge in [-0.1, -0.05) is 19.1 Å². The molecule has 0 unspecified atom stereocenters. The van der Waals surface area contributed by atoms with Crippen LogP contribution in [0.5, 0.6) is 5.75 Å². The van der Waals surface area contributed by atoms with Gasteiger partial charge in [0.25, 0.3) is 0 Å². The first kappa shape index (κ1) is 19.0. The second kappa shape index (κ2) is 9.23. The number of hydrogen-bond acceptors (Lipinski definition) is 3. The molecule has 3 rings (SSSR count). The molecule has 3 aromatic rings. The number of rotatable bonds is 8. The van der Waals surface area contributed by atoms with E-state index in [0.29, 0.717) is 13.0 Å². The van der Waals surface area contributed by atoms with Crippen molar-refractivity contribution in [1.82, 2.24) is 9.55 Å². The van der Waals surface area contributed by atoms with Gasteiger partial charge < -0.3 is 21.7 Å². The normalized spacial score (nSPS) is 10.4. The van der Waals surface area contributed by atoms with E-state index in [9.17, 15) is 4.79 Å². The van der Waals surface area contributed by atoms with Gasteiger partial charge in [-0.25, -0.2) is 4.98 Å². The van der Waals surface area contributed by atoms with E-state index in [-0.39, 0.29) is 18.2 Å². The zero-order valence-corrected chi connectivity index (χ0v) is 15.1. The van der Waals surface area contributed by atoms with Gasteiger partial charge >= 0.3 is 0 Å². The molecule has 2 aromatic carbocycles. The number of para-hydroxylation sites is 2. The molecule has 0 atom stereocenters. The third-order valence-corrected chi connectivity index (χ3v) is 4.09. The van der Waals surface area contributed by atoms with Crippen molar-refractivity contribution in [3.05, 3.63) is 60.4 Å². The molecule has 0 N–H and O–H groups in total. The van der Waals surface area contributed by atoms with Crippen molar-refractivity contribution in [2.24, 2.45) is 0 Å². The molecule has 0 bridgehead atoms. The Morgan fingerprint density at radius 2 is 1.84 bits per heavy atom. The maximum Gasteiger partial charge on any atom is 0.162 e. The van der Waals surface area contributed by atoms with Gasteiger partial charge in [-0.05, 0) is 49.2 Å². The largest absolute Gasteiger partial charge is 1.00 e. The lowest BCUT2D eigenvalue weighted by Crippen LogP contribution is -3.00. The fourth-order valence-corrected chi connectivity index (χ4v) is 2.70. The first-order chi connectivity index (χ1) is 11.8. The highest BCUT2D eigenvalue weighted by molar-refractivity contribution is 5.95. The van der Waals surface area contributed by atoms with Gasteiger partial charge in [-0.15, -0.1) is 0 Å². The average Bonchev–Trinajstić information content (AvgIpc) is 3.04. The average molecular weight is 358 g/mol. The van der Waals surface area contributed by atoms with Crippen molar-refractivity contribution in [3.8, 4) is 5.75 Å². The number of nitrogens with zero attached hydrogens (tertiary/aromatic N) is 2. The molecular formula is C20H22ClN2O2-. The summed E-state index contributed by atoms with van der Waals surface area (Å²) in [4.78, 5) is 16.0. The number of ketones is 1. The molecule has 0 aliphatic rings. The Balaban J connectivity index is 0.00000225. The molecule has 0 amide bonds. The van der Waals surface area contributed by atoms with Crippen LogP contribution in [0.15, 0.2) is 54.9 Å². The summed E-state index contributed by atoms with van der Waals surface area (Å²) >= 11 is 0. The maximum atomic E-state index is 11.6. The number of Topliss-reactive ketones (excluding diaryl/α,β-unsaturated/α-hetero) is 1. The Morgan fingerprint density at radius 1 is 1.08 bits per heavy atom. The van der Waals surface area contributed by atoms with Crippen molar-refractivity contribution >= 4 is 16.8 Å². The van der Waals surface area contributed by atoms with Crippen LogP contribution < -0.4 is 17.1 Å². The zero-order valence-electron chi connectivity index (χ0n) is 14.3. The van der Waals surface area contributed by atoms with Crippen LogP contribution in [-0.2, 0) is 6.54 Å². The number of unbranched alkanes of at least 4 members (excludes halogenated alkanes) is 1. The fraction of sp³-hybridized carbons (Fsp3) is 0.300. The summed E-state index contributed by atoms with van der Waals surface area (Å²) in [5, 5.41) is 0. The highest BCUT2D eigenvalue weighted by Crippen LogP contribution is 2.15. The van der Waals surface area contributed by atoms with Crippen LogP contribution in [0, 0.1) is 0 Å². The molecule has 1 heterocycles.